The number of rotatable bonds is 2. The van der Waals surface area contributed by atoms with Crippen LogP contribution in [0.4, 0.5) is 0 Å². The molecule has 2 fully saturated rings. The SMILES string of the molecule is Cc1ccc(C(Cl)C2C3CCCCC32)cc1. The van der Waals surface area contributed by atoms with Crippen molar-refractivity contribution in [3.63, 3.8) is 0 Å². The zero-order valence-electron chi connectivity index (χ0n) is 9.83. The molecule has 0 aliphatic heterocycles. The Bertz CT molecular complexity index is 356. The molecule has 86 valence electrons. The minimum atomic E-state index is 0.258. The summed E-state index contributed by atoms with van der Waals surface area (Å²) in [5.74, 6) is 2.65. The molecule has 16 heavy (non-hydrogen) atoms. The average Bonchev–Trinajstić information content (AvgIpc) is 3.03. The Morgan fingerprint density at radius 2 is 1.62 bits per heavy atom. The molecule has 2 saturated carbocycles. The van der Waals surface area contributed by atoms with Gasteiger partial charge in [0.25, 0.3) is 0 Å². The van der Waals surface area contributed by atoms with Crippen molar-refractivity contribution >= 4 is 11.6 Å². The highest BCUT2D eigenvalue weighted by Crippen LogP contribution is 2.62. The van der Waals surface area contributed by atoms with Crippen LogP contribution in [0, 0.1) is 24.7 Å². The molecule has 0 heterocycles. The van der Waals surface area contributed by atoms with Crippen LogP contribution in [0.15, 0.2) is 24.3 Å². The van der Waals surface area contributed by atoms with Gasteiger partial charge in [0.05, 0.1) is 5.38 Å². The summed E-state index contributed by atoms with van der Waals surface area (Å²) in [6.07, 6.45) is 5.69. The van der Waals surface area contributed by atoms with Crippen LogP contribution in [0.25, 0.3) is 0 Å². The van der Waals surface area contributed by atoms with E-state index in [1.807, 2.05) is 0 Å². The van der Waals surface area contributed by atoms with Crippen LogP contribution >= 0.6 is 11.6 Å². The maximum Gasteiger partial charge on any atom is 0.0618 e. The van der Waals surface area contributed by atoms with E-state index in [-0.39, 0.29) is 5.38 Å². The molecule has 0 spiro atoms. The van der Waals surface area contributed by atoms with Crippen LogP contribution in [0.3, 0.4) is 0 Å². The van der Waals surface area contributed by atoms with Crippen LogP contribution in [0.2, 0.25) is 0 Å². The molecule has 3 atom stereocenters. The van der Waals surface area contributed by atoms with E-state index in [0.29, 0.717) is 0 Å². The predicted octanol–water partition coefficient (Wildman–Crippen LogP) is 4.71. The van der Waals surface area contributed by atoms with E-state index in [1.165, 1.54) is 36.8 Å². The van der Waals surface area contributed by atoms with Gasteiger partial charge in [-0.2, -0.15) is 0 Å². The second kappa shape index (κ2) is 4.07. The van der Waals surface area contributed by atoms with Gasteiger partial charge in [0, 0.05) is 0 Å². The minimum absolute atomic E-state index is 0.258. The molecule has 0 saturated heterocycles. The van der Waals surface area contributed by atoms with Crippen LogP contribution in [0.1, 0.15) is 42.2 Å². The van der Waals surface area contributed by atoms with E-state index in [0.717, 1.165) is 17.8 Å². The molecular weight excluding hydrogens is 216 g/mol. The Kier molecular flexibility index (Phi) is 2.71. The molecule has 3 rings (SSSR count). The van der Waals surface area contributed by atoms with Crippen molar-refractivity contribution in [3.8, 4) is 0 Å². The Hall–Kier alpha value is -0.490. The van der Waals surface area contributed by atoms with E-state index in [2.05, 4.69) is 31.2 Å². The number of hydrogen-bond donors (Lipinski definition) is 0. The normalized spacial score (nSPS) is 34.2. The van der Waals surface area contributed by atoms with E-state index >= 15 is 0 Å². The average molecular weight is 235 g/mol. The number of halogens is 1. The van der Waals surface area contributed by atoms with Crippen molar-refractivity contribution in [1.29, 1.82) is 0 Å². The standard InChI is InChI=1S/C15H19Cl/c1-10-6-8-11(9-7-10)15(16)14-12-4-2-3-5-13(12)14/h6-9,12-15H,2-5H2,1H3. The molecule has 0 nitrogen and oxygen atoms in total. The zero-order valence-corrected chi connectivity index (χ0v) is 10.6. The topological polar surface area (TPSA) is 0 Å². The summed E-state index contributed by atoms with van der Waals surface area (Å²) in [4.78, 5) is 0. The highest BCUT2D eigenvalue weighted by atomic mass is 35.5. The summed E-state index contributed by atoms with van der Waals surface area (Å²) < 4.78 is 0. The molecule has 0 bridgehead atoms. The molecular formula is C15H19Cl. The molecule has 0 aromatic heterocycles. The first kappa shape index (κ1) is 10.7. The third kappa shape index (κ3) is 1.78. The Morgan fingerprint density at radius 1 is 1.06 bits per heavy atom. The highest BCUT2D eigenvalue weighted by Gasteiger charge is 2.53. The van der Waals surface area contributed by atoms with Gasteiger partial charge in [0.15, 0.2) is 0 Å². The maximum atomic E-state index is 6.63. The van der Waals surface area contributed by atoms with Gasteiger partial charge in [-0.1, -0.05) is 42.7 Å². The molecule has 2 aliphatic rings. The van der Waals surface area contributed by atoms with Gasteiger partial charge < -0.3 is 0 Å². The van der Waals surface area contributed by atoms with Crippen molar-refractivity contribution < 1.29 is 0 Å². The smallest absolute Gasteiger partial charge is 0.0618 e. The fraction of sp³-hybridized carbons (Fsp3) is 0.600. The highest BCUT2D eigenvalue weighted by molar-refractivity contribution is 6.21. The summed E-state index contributed by atoms with van der Waals surface area (Å²) in [6, 6.07) is 8.77. The summed E-state index contributed by atoms with van der Waals surface area (Å²) in [7, 11) is 0. The third-order valence-electron chi connectivity index (χ3n) is 4.46. The van der Waals surface area contributed by atoms with Gasteiger partial charge in [-0.3, -0.25) is 0 Å². The van der Waals surface area contributed by atoms with Gasteiger partial charge in [-0.05, 0) is 43.1 Å². The van der Waals surface area contributed by atoms with Crippen molar-refractivity contribution in [2.75, 3.05) is 0 Å². The van der Waals surface area contributed by atoms with Crippen molar-refractivity contribution in [2.45, 2.75) is 38.0 Å². The summed E-state index contributed by atoms with van der Waals surface area (Å²) in [5, 5.41) is 0.258. The zero-order chi connectivity index (χ0) is 11.1. The lowest BCUT2D eigenvalue weighted by molar-refractivity contribution is 0.480. The van der Waals surface area contributed by atoms with Gasteiger partial charge in [0.2, 0.25) is 0 Å². The van der Waals surface area contributed by atoms with Crippen molar-refractivity contribution in [1.82, 2.24) is 0 Å². The summed E-state index contributed by atoms with van der Waals surface area (Å²) in [6.45, 7) is 2.13. The van der Waals surface area contributed by atoms with Crippen molar-refractivity contribution in [2.24, 2.45) is 17.8 Å². The van der Waals surface area contributed by atoms with Crippen molar-refractivity contribution in [3.05, 3.63) is 35.4 Å². The predicted molar refractivity (Wildman–Crippen MR) is 68.7 cm³/mol. The van der Waals surface area contributed by atoms with Gasteiger partial charge in [-0.15, -0.1) is 11.6 Å². The van der Waals surface area contributed by atoms with E-state index in [1.54, 1.807) is 0 Å². The number of aryl methyl sites for hydroxylation is 1. The second-order valence-electron chi connectivity index (χ2n) is 5.50. The molecule has 0 N–H and O–H groups in total. The van der Waals surface area contributed by atoms with Crippen LogP contribution in [-0.2, 0) is 0 Å². The fourth-order valence-corrected chi connectivity index (χ4v) is 3.97. The monoisotopic (exact) mass is 234 g/mol. The fourth-order valence-electron chi connectivity index (χ4n) is 3.45. The molecule has 2 aliphatic carbocycles. The number of hydrogen-bond acceptors (Lipinski definition) is 0. The van der Waals surface area contributed by atoms with E-state index in [9.17, 15) is 0 Å². The van der Waals surface area contributed by atoms with Crippen LogP contribution in [0.5, 0.6) is 0 Å². The van der Waals surface area contributed by atoms with Crippen LogP contribution < -0.4 is 0 Å². The quantitative estimate of drug-likeness (QED) is 0.650. The Balaban J connectivity index is 1.74. The Labute approximate surface area is 103 Å². The van der Waals surface area contributed by atoms with Gasteiger partial charge in [-0.25, -0.2) is 0 Å². The first-order chi connectivity index (χ1) is 7.77. The van der Waals surface area contributed by atoms with Gasteiger partial charge >= 0.3 is 0 Å². The van der Waals surface area contributed by atoms with E-state index < -0.39 is 0 Å². The lowest BCUT2D eigenvalue weighted by Crippen LogP contribution is -1.95. The number of fused-ring (bicyclic) bond motifs is 1. The molecule has 0 radical (unpaired) electrons. The molecule has 0 amide bonds. The first-order valence-electron chi connectivity index (χ1n) is 6.48. The molecule has 3 unspecified atom stereocenters. The number of alkyl halides is 1. The maximum absolute atomic E-state index is 6.63. The molecule has 1 heteroatoms. The minimum Gasteiger partial charge on any atom is -0.117 e. The first-order valence-corrected chi connectivity index (χ1v) is 6.91. The third-order valence-corrected chi connectivity index (χ3v) is 5.00. The second-order valence-corrected chi connectivity index (χ2v) is 5.97. The largest absolute Gasteiger partial charge is 0.117 e. The lowest BCUT2D eigenvalue weighted by atomic mass is 10.0. The van der Waals surface area contributed by atoms with Gasteiger partial charge in [0.1, 0.15) is 0 Å². The lowest BCUT2D eigenvalue weighted by Gasteiger charge is -2.09. The molecule has 1 aromatic carbocycles. The number of benzene rings is 1. The summed E-state index contributed by atoms with van der Waals surface area (Å²) in [5.41, 5.74) is 2.65. The van der Waals surface area contributed by atoms with Crippen LogP contribution in [-0.4, -0.2) is 0 Å². The summed E-state index contributed by atoms with van der Waals surface area (Å²) >= 11 is 6.63. The van der Waals surface area contributed by atoms with E-state index in [4.69, 9.17) is 11.6 Å². The Morgan fingerprint density at radius 3 is 2.19 bits per heavy atom. The molecule has 1 aromatic rings.